The Morgan fingerprint density at radius 1 is 1.22 bits per heavy atom. The third kappa shape index (κ3) is 3.82. The van der Waals surface area contributed by atoms with Crippen molar-refractivity contribution in [3.05, 3.63) is 52.2 Å². The number of amides is 1. The van der Waals surface area contributed by atoms with E-state index in [1.165, 1.54) is 11.1 Å². The Morgan fingerprint density at radius 3 is 2.62 bits per heavy atom. The molecule has 6 rings (SSSR count). The molecule has 0 spiro atoms. The van der Waals surface area contributed by atoms with Crippen LogP contribution in [0.15, 0.2) is 35.5 Å². The molecule has 4 aliphatic rings. The summed E-state index contributed by atoms with van der Waals surface area (Å²) in [5.74, 6) is 2.12. The highest BCUT2D eigenvalue weighted by atomic mass is 16.2. The molecule has 4 fully saturated rings. The summed E-state index contributed by atoms with van der Waals surface area (Å²) in [4.78, 5) is 29.7. The fraction of sp³-hybridized carbons (Fsp3) is 0.600. The van der Waals surface area contributed by atoms with Crippen molar-refractivity contribution in [3.8, 4) is 0 Å². The molecule has 4 atom stereocenters. The normalized spacial score (nSPS) is 28.0. The maximum absolute atomic E-state index is 13.3. The Bertz CT molecular complexity index is 1060. The molecule has 32 heavy (non-hydrogen) atoms. The van der Waals surface area contributed by atoms with E-state index in [0.29, 0.717) is 23.9 Å². The van der Waals surface area contributed by atoms with E-state index in [1.807, 2.05) is 12.1 Å². The SMILES string of the molecule is C[C@@H]1[C@H]2C[C@@H](C[C@H]1Nc1cnn(CC(=O)NCc3ccncc3)c(=O)c1C1CC1)C2(C)C. The van der Waals surface area contributed by atoms with Gasteiger partial charge in [0.15, 0.2) is 0 Å². The number of pyridine rings is 1. The molecule has 170 valence electrons. The van der Waals surface area contributed by atoms with Crippen LogP contribution in [0.1, 0.15) is 63.5 Å². The van der Waals surface area contributed by atoms with Gasteiger partial charge in [-0.1, -0.05) is 20.8 Å². The van der Waals surface area contributed by atoms with Crippen molar-refractivity contribution in [3.63, 3.8) is 0 Å². The maximum atomic E-state index is 13.3. The van der Waals surface area contributed by atoms with Crippen LogP contribution in [0.5, 0.6) is 0 Å². The lowest BCUT2D eigenvalue weighted by atomic mass is 9.45. The quantitative estimate of drug-likeness (QED) is 0.697. The fourth-order valence-corrected chi connectivity index (χ4v) is 5.93. The summed E-state index contributed by atoms with van der Waals surface area (Å²) in [6.07, 6.45) is 9.69. The molecule has 2 heterocycles. The second-order valence-electron chi connectivity index (χ2n) is 10.5. The number of hydrogen-bond acceptors (Lipinski definition) is 5. The van der Waals surface area contributed by atoms with Crippen LogP contribution >= 0.6 is 0 Å². The lowest BCUT2D eigenvalue weighted by molar-refractivity contribution is -0.122. The van der Waals surface area contributed by atoms with E-state index in [4.69, 9.17) is 0 Å². The van der Waals surface area contributed by atoms with E-state index in [9.17, 15) is 9.59 Å². The van der Waals surface area contributed by atoms with E-state index in [2.05, 4.69) is 41.5 Å². The molecular formula is C25H33N5O2. The molecule has 4 aliphatic carbocycles. The molecule has 0 unspecified atom stereocenters. The number of carbonyl (C=O) groups excluding carboxylic acids is 1. The summed E-state index contributed by atoms with van der Waals surface area (Å²) in [6, 6.07) is 4.09. The number of nitrogens with one attached hydrogen (secondary N) is 2. The predicted octanol–water partition coefficient (Wildman–Crippen LogP) is 3.31. The zero-order valence-corrected chi connectivity index (χ0v) is 19.2. The highest BCUT2D eigenvalue weighted by Crippen LogP contribution is 2.61. The minimum Gasteiger partial charge on any atom is -0.380 e. The second-order valence-corrected chi connectivity index (χ2v) is 10.5. The molecule has 7 heteroatoms. The number of carbonyl (C=O) groups is 1. The van der Waals surface area contributed by atoms with Gasteiger partial charge in [0.25, 0.3) is 5.56 Å². The number of anilines is 1. The maximum Gasteiger partial charge on any atom is 0.272 e. The van der Waals surface area contributed by atoms with Crippen LogP contribution in [0.2, 0.25) is 0 Å². The number of aromatic nitrogens is 3. The highest BCUT2D eigenvalue weighted by Gasteiger charge is 2.56. The zero-order valence-electron chi connectivity index (χ0n) is 19.2. The zero-order chi connectivity index (χ0) is 22.5. The first-order valence-electron chi connectivity index (χ1n) is 11.9. The summed E-state index contributed by atoms with van der Waals surface area (Å²) < 4.78 is 1.31. The molecule has 2 aromatic rings. The molecule has 2 N–H and O–H groups in total. The van der Waals surface area contributed by atoms with Gasteiger partial charge >= 0.3 is 0 Å². The lowest BCUT2D eigenvalue weighted by Crippen LogP contribution is -2.58. The van der Waals surface area contributed by atoms with Crippen LogP contribution < -0.4 is 16.2 Å². The van der Waals surface area contributed by atoms with E-state index in [-0.39, 0.29) is 23.9 Å². The van der Waals surface area contributed by atoms with Gasteiger partial charge in [0.05, 0.1) is 11.9 Å². The number of rotatable bonds is 7. The smallest absolute Gasteiger partial charge is 0.272 e. The molecule has 2 aromatic heterocycles. The van der Waals surface area contributed by atoms with Gasteiger partial charge in [-0.15, -0.1) is 0 Å². The minimum atomic E-state index is -0.220. The van der Waals surface area contributed by atoms with E-state index >= 15 is 0 Å². The summed E-state index contributed by atoms with van der Waals surface area (Å²) in [6.45, 7) is 7.48. The minimum absolute atomic E-state index is 0.0674. The molecule has 0 aromatic carbocycles. The Labute approximate surface area is 189 Å². The van der Waals surface area contributed by atoms with E-state index < -0.39 is 0 Å². The van der Waals surface area contributed by atoms with Gasteiger partial charge in [-0.2, -0.15) is 5.10 Å². The van der Waals surface area contributed by atoms with Gasteiger partial charge in [-0.3, -0.25) is 14.6 Å². The van der Waals surface area contributed by atoms with Crippen molar-refractivity contribution in [1.82, 2.24) is 20.1 Å². The van der Waals surface area contributed by atoms with Crippen molar-refractivity contribution >= 4 is 11.6 Å². The van der Waals surface area contributed by atoms with Crippen molar-refractivity contribution in [2.75, 3.05) is 5.32 Å². The molecule has 4 saturated carbocycles. The molecule has 0 aliphatic heterocycles. The van der Waals surface area contributed by atoms with Crippen LogP contribution in [-0.4, -0.2) is 26.7 Å². The van der Waals surface area contributed by atoms with Gasteiger partial charge in [0.1, 0.15) is 6.54 Å². The Hall–Kier alpha value is -2.70. The van der Waals surface area contributed by atoms with E-state index in [0.717, 1.165) is 47.9 Å². The fourth-order valence-electron chi connectivity index (χ4n) is 5.93. The molecular weight excluding hydrogens is 402 g/mol. The first-order chi connectivity index (χ1) is 15.3. The Balaban J connectivity index is 1.29. The number of fused-ring (bicyclic) bond motifs is 2. The van der Waals surface area contributed by atoms with Gasteiger partial charge < -0.3 is 10.6 Å². The summed E-state index contributed by atoms with van der Waals surface area (Å²) in [5, 5.41) is 10.9. The average molecular weight is 436 g/mol. The van der Waals surface area contributed by atoms with Crippen LogP contribution in [0.25, 0.3) is 0 Å². The summed E-state index contributed by atoms with van der Waals surface area (Å²) in [5.41, 5.74) is 2.96. The molecule has 7 nitrogen and oxygen atoms in total. The van der Waals surface area contributed by atoms with Crippen molar-refractivity contribution in [1.29, 1.82) is 0 Å². The second kappa shape index (κ2) is 8.01. The molecule has 0 radical (unpaired) electrons. The monoisotopic (exact) mass is 435 g/mol. The summed E-state index contributed by atoms with van der Waals surface area (Å²) >= 11 is 0. The van der Waals surface area contributed by atoms with Gasteiger partial charge in [-0.05, 0) is 72.5 Å². The topological polar surface area (TPSA) is 88.9 Å². The first kappa shape index (κ1) is 21.2. The number of nitrogens with zero attached hydrogens (tertiary/aromatic N) is 3. The highest BCUT2D eigenvalue weighted by molar-refractivity contribution is 5.75. The molecule has 0 saturated heterocycles. The summed E-state index contributed by atoms with van der Waals surface area (Å²) in [7, 11) is 0. The molecule has 1 amide bonds. The van der Waals surface area contributed by atoms with Gasteiger partial charge in [-0.25, -0.2) is 4.68 Å². The van der Waals surface area contributed by atoms with Crippen molar-refractivity contribution in [2.24, 2.45) is 23.2 Å². The average Bonchev–Trinajstić information content (AvgIpc) is 3.61. The van der Waals surface area contributed by atoms with Gasteiger partial charge in [0.2, 0.25) is 5.91 Å². The molecule has 2 bridgehead atoms. The largest absolute Gasteiger partial charge is 0.380 e. The van der Waals surface area contributed by atoms with Gasteiger partial charge in [0, 0.05) is 30.5 Å². The Kier molecular flexibility index (Phi) is 5.30. The number of hydrogen-bond donors (Lipinski definition) is 2. The first-order valence-corrected chi connectivity index (χ1v) is 11.9. The van der Waals surface area contributed by atoms with Crippen LogP contribution in [0.4, 0.5) is 5.69 Å². The lowest BCUT2D eigenvalue weighted by Gasteiger charge is -2.62. The van der Waals surface area contributed by atoms with Crippen molar-refractivity contribution in [2.45, 2.75) is 71.5 Å². The third-order valence-corrected chi connectivity index (χ3v) is 8.29. The van der Waals surface area contributed by atoms with E-state index in [1.54, 1.807) is 18.6 Å². The Morgan fingerprint density at radius 2 is 1.97 bits per heavy atom. The van der Waals surface area contributed by atoms with Crippen LogP contribution in [-0.2, 0) is 17.9 Å². The predicted molar refractivity (Wildman–Crippen MR) is 123 cm³/mol. The van der Waals surface area contributed by atoms with Crippen LogP contribution in [0, 0.1) is 23.2 Å². The van der Waals surface area contributed by atoms with Crippen molar-refractivity contribution < 1.29 is 4.79 Å². The standard InChI is InChI=1S/C25H33N5O2/c1-15-19-10-18(25(19,2)3)11-20(15)29-21-13-28-30(24(32)23(21)17-4-5-17)14-22(31)27-12-16-6-8-26-9-7-16/h6-9,13,15,17-20,29H,4-5,10-12,14H2,1-3H3,(H,27,31)/t15-,18+,19-,20-/m1/s1. The third-order valence-electron chi connectivity index (χ3n) is 8.29. The van der Waals surface area contributed by atoms with Crippen LogP contribution in [0.3, 0.4) is 0 Å².